The first-order chi connectivity index (χ1) is 8.59. The second-order valence-electron chi connectivity index (χ2n) is 3.46. The van der Waals surface area contributed by atoms with E-state index in [4.69, 9.17) is 0 Å². The van der Waals surface area contributed by atoms with E-state index in [9.17, 15) is 17.6 Å². The van der Waals surface area contributed by atoms with Gasteiger partial charge in [-0.1, -0.05) is 18.2 Å². The van der Waals surface area contributed by atoms with E-state index in [1.54, 1.807) is 30.3 Å². The van der Waals surface area contributed by atoms with Crippen LogP contribution in [0.25, 0.3) is 0 Å². The largest absolute Gasteiger partial charge is 0.301 e. The van der Waals surface area contributed by atoms with Crippen molar-refractivity contribution >= 4 is 11.4 Å². The minimum atomic E-state index is -1.85. The summed E-state index contributed by atoms with van der Waals surface area (Å²) in [5.74, 6) is -6.64. The van der Waals surface area contributed by atoms with Gasteiger partial charge in [-0.25, -0.2) is 17.6 Å². The monoisotopic (exact) mass is 256 g/mol. The highest BCUT2D eigenvalue weighted by Crippen LogP contribution is 2.22. The molecular weight excluding hydrogens is 248 g/mol. The molecule has 2 rings (SSSR count). The Balaban J connectivity index is 2.20. The molecule has 18 heavy (non-hydrogen) atoms. The highest BCUT2D eigenvalue weighted by molar-refractivity contribution is 5.53. The predicted molar refractivity (Wildman–Crippen MR) is 60.0 cm³/mol. The average Bonchev–Trinajstić information content (AvgIpc) is 2.40. The summed E-state index contributed by atoms with van der Waals surface area (Å²) in [6.45, 7) is 0. The van der Waals surface area contributed by atoms with Gasteiger partial charge in [0, 0.05) is 6.07 Å². The molecule has 2 nitrogen and oxygen atoms in total. The fraction of sp³-hybridized carbons (Fsp3) is 0. The van der Waals surface area contributed by atoms with Crippen LogP contribution in [-0.2, 0) is 0 Å². The maximum absolute atomic E-state index is 13.3. The highest BCUT2D eigenvalue weighted by Gasteiger charge is 2.18. The van der Waals surface area contributed by atoms with Crippen molar-refractivity contribution in [3.63, 3.8) is 0 Å². The van der Waals surface area contributed by atoms with Gasteiger partial charge in [-0.15, -0.1) is 0 Å². The molecule has 0 spiro atoms. The number of benzene rings is 2. The Hall–Kier alpha value is -2.24. The maximum atomic E-state index is 13.3. The van der Waals surface area contributed by atoms with Crippen LogP contribution in [0.1, 0.15) is 0 Å². The molecule has 0 aliphatic heterocycles. The van der Waals surface area contributed by atoms with Crippen LogP contribution in [0.2, 0.25) is 0 Å². The zero-order valence-electron chi connectivity index (χ0n) is 8.98. The molecule has 0 saturated heterocycles. The van der Waals surface area contributed by atoms with Gasteiger partial charge in [-0.3, -0.25) is 5.43 Å². The fourth-order valence-electron chi connectivity index (χ4n) is 1.32. The average molecular weight is 256 g/mol. The van der Waals surface area contributed by atoms with Crippen molar-refractivity contribution in [3.05, 3.63) is 59.7 Å². The summed E-state index contributed by atoms with van der Waals surface area (Å²) < 4.78 is 51.8. The molecule has 6 heteroatoms. The third-order valence-corrected chi connectivity index (χ3v) is 2.22. The van der Waals surface area contributed by atoms with Crippen molar-refractivity contribution in [2.75, 3.05) is 10.9 Å². The molecule has 0 unspecified atom stereocenters. The second-order valence-corrected chi connectivity index (χ2v) is 3.46. The summed E-state index contributed by atoms with van der Waals surface area (Å²) in [6, 6.07) is 9.04. The molecule has 0 radical (unpaired) electrons. The molecule has 94 valence electrons. The van der Waals surface area contributed by atoms with Gasteiger partial charge >= 0.3 is 0 Å². The van der Waals surface area contributed by atoms with Gasteiger partial charge in [-0.05, 0) is 12.1 Å². The van der Waals surface area contributed by atoms with Crippen LogP contribution < -0.4 is 10.9 Å². The number of hydrazine groups is 1. The molecule has 0 fully saturated rings. The van der Waals surface area contributed by atoms with Gasteiger partial charge in [0.1, 0.15) is 0 Å². The van der Waals surface area contributed by atoms with Crippen LogP contribution in [0.3, 0.4) is 0 Å². The highest BCUT2D eigenvalue weighted by atomic mass is 19.2. The summed E-state index contributed by atoms with van der Waals surface area (Å²) in [6.07, 6.45) is 0. The molecule has 0 saturated carbocycles. The molecule has 2 N–H and O–H groups in total. The van der Waals surface area contributed by atoms with Crippen molar-refractivity contribution in [1.29, 1.82) is 0 Å². The summed E-state index contributed by atoms with van der Waals surface area (Å²) in [4.78, 5) is 0. The third kappa shape index (κ3) is 2.37. The van der Waals surface area contributed by atoms with E-state index in [0.717, 1.165) is 0 Å². The smallest absolute Gasteiger partial charge is 0.199 e. The first-order valence-electron chi connectivity index (χ1n) is 4.99. The molecule has 0 aliphatic rings. The Labute approximate surface area is 100 Å². The first-order valence-corrected chi connectivity index (χ1v) is 4.99. The predicted octanol–water partition coefficient (Wildman–Crippen LogP) is 3.68. The fourth-order valence-corrected chi connectivity index (χ4v) is 1.32. The van der Waals surface area contributed by atoms with Crippen molar-refractivity contribution in [2.45, 2.75) is 0 Å². The van der Waals surface area contributed by atoms with Crippen LogP contribution in [0.15, 0.2) is 36.4 Å². The van der Waals surface area contributed by atoms with Crippen molar-refractivity contribution in [2.24, 2.45) is 0 Å². The normalized spacial score (nSPS) is 10.2. The maximum Gasteiger partial charge on any atom is 0.199 e. The van der Waals surface area contributed by atoms with Gasteiger partial charge in [0.2, 0.25) is 0 Å². The van der Waals surface area contributed by atoms with Crippen molar-refractivity contribution in [1.82, 2.24) is 0 Å². The van der Waals surface area contributed by atoms with E-state index in [0.29, 0.717) is 11.8 Å². The van der Waals surface area contributed by atoms with Crippen LogP contribution in [-0.4, -0.2) is 0 Å². The molecular formula is C12H8F4N2. The summed E-state index contributed by atoms with van der Waals surface area (Å²) in [5, 5.41) is 0. The Morgan fingerprint density at radius 2 is 1.39 bits per heavy atom. The lowest BCUT2D eigenvalue weighted by molar-refractivity contribution is 0.411. The molecule has 0 amide bonds. The van der Waals surface area contributed by atoms with Crippen molar-refractivity contribution in [3.8, 4) is 0 Å². The number of para-hydroxylation sites is 1. The molecule has 0 bridgehead atoms. The summed E-state index contributed by atoms with van der Waals surface area (Å²) in [7, 11) is 0. The van der Waals surface area contributed by atoms with Gasteiger partial charge in [0.25, 0.3) is 0 Å². The third-order valence-electron chi connectivity index (χ3n) is 2.22. The zero-order chi connectivity index (χ0) is 13.1. The number of halogens is 4. The molecule has 0 heterocycles. The number of nitrogens with one attached hydrogen (secondary N) is 2. The standard InChI is InChI=1S/C12H8F4N2/c13-8-6-9(11(15)12(16)10(8)14)18-17-7-4-2-1-3-5-7/h1-6,17-18H. The molecule has 2 aromatic carbocycles. The van der Waals surface area contributed by atoms with E-state index in [2.05, 4.69) is 10.9 Å². The SMILES string of the molecule is Fc1cc(NNc2ccccc2)c(F)c(F)c1F. The number of hydrogen-bond acceptors (Lipinski definition) is 2. The quantitative estimate of drug-likeness (QED) is 0.379. The van der Waals surface area contributed by atoms with Crippen LogP contribution in [0.5, 0.6) is 0 Å². The van der Waals surface area contributed by atoms with E-state index >= 15 is 0 Å². The minimum absolute atomic E-state index is 0.518. The lowest BCUT2D eigenvalue weighted by atomic mass is 10.2. The van der Waals surface area contributed by atoms with E-state index in [1.807, 2.05) is 0 Å². The van der Waals surface area contributed by atoms with Crippen molar-refractivity contribution < 1.29 is 17.6 Å². The minimum Gasteiger partial charge on any atom is -0.301 e. The number of rotatable bonds is 3. The molecule has 0 aliphatic carbocycles. The lowest BCUT2D eigenvalue weighted by Crippen LogP contribution is -2.12. The van der Waals surface area contributed by atoms with Gasteiger partial charge in [-0.2, -0.15) is 0 Å². The van der Waals surface area contributed by atoms with Gasteiger partial charge in [0.05, 0.1) is 11.4 Å². The van der Waals surface area contributed by atoms with E-state index < -0.39 is 29.0 Å². The topological polar surface area (TPSA) is 24.1 Å². The second kappa shape index (κ2) is 4.95. The number of hydrogen-bond donors (Lipinski definition) is 2. The Morgan fingerprint density at radius 1 is 0.722 bits per heavy atom. The Bertz CT molecular complexity index is 558. The van der Waals surface area contributed by atoms with Crippen LogP contribution in [0.4, 0.5) is 28.9 Å². The zero-order valence-corrected chi connectivity index (χ0v) is 8.98. The van der Waals surface area contributed by atoms with E-state index in [1.165, 1.54) is 0 Å². The first kappa shape index (κ1) is 12.2. The summed E-state index contributed by atoms with van der Waals surface area (Å²) in [5.41, 5.74) is 4.84. The van der Waals surface area contributed by atoms with E-state index in [-0.39, 0.29) is 0 Å². The molecule has 0 aromatic heterocycles. The molecule has 2 aromatic rings. The van der Waals surface area contributed by atoms with Crippen LogP contribution >= 0.6 is 0 Å². The Morgan fingerprint density at radius 3 is 2.06 bits per heavy atom. The Kier molecular flexibility index (Phi) is 3.36. The molecule has 0 atom stereocenters. The number of anilines is 2. The summed E-state index contributed by atoms with van der Waals surface area (Å²) >= 11 is 0. The van der Waals surface area contributed by atoms with Crippen LogP contribution in [0, 0.1) is 23.3 Å². The van der Waals surface area contributed by atoms with Gasteiger partial charge in [0.15, 0.2) is 23.3 Å². The lowest BCUT2D eigenvalue weighted by Gasteiger charge is -2.11. The van der Waals surface area contributed by atoms with Gasteiger partial charge < -0.3 is 5.43 Å².